The molecule has 0 saturated carbocycles. The fraction of sp³-hybridized carbons (Fsp3) is 0.0833. The van der Waals surface area contributed by atoms with Crippen LogP contribution in [-0.2, 0) is 0 Å². The summed E-state index contributed by atoms with van der Waals surface area (Å²) < 4.78 is 25.1. The van der Waals surface area contributed by atoms with Gasteiger partial charge in [-0.2, -0.15) is 5.10 Å². The molecule has 0 spiro atoms. The van der Waals surface area contributed by atoms with Crippen molar-refractivity contribution in [1.82, 2.24) is 9.78 Å². The van der Waals surface area contributed by atoms with Crippen molar-refractivity contribution in [1.29, 1.82) is 0 Å². The van der Waals surface area contributed by atoms with Crippen LogP contribution in [-0.4, -0.2) is 16.9 Å². The topological polar surface area (TPSA) is 40.2 Å². The van der Waals surface area contributed by atoms with Crippen molar-refractivity contribution >= 4 is 11.1 Å². The Morgan fingerprint density at radius 1 is 1.35 bits per heavy atom. The monoisotopic (exact) mass is 232 g/mol. The van der Waals surface area contributed by atoms with Crippen LogP contribution < -0.4 is 4.74 Å². The molecule has 0 atom stereocenters. The van der Waals surface area contributed by atoms with Gasteiger partial charge in [-0.3, -0.25) is 0 Å². The lowest BCUT2D eigenvalue weighted by molar-refractivity contribution is 0.386. The van der Waals surface area contributed by atoms with Crippen LogP contribution in [0.3, 0.4) is 0 Å². The Bertz CT molecular complexity index is 672. The van der Waals surface area contributed by atoms with Gasteiger partial charge in [-0.15, -0.1) is 0 Å². The summed E-state index contributed by atoms with van der Waals surface area (Å²) in [6.45, 7) is 0. The van der Waals surface area contributed by atoms with E-state index in [0.717, 1.165) is 11.2 Å². The number of aromatic nitrogens is 2. The smallest absolute Gasteiger partial charge is 0.172 e. The number of fused-ring (bicyclic) bond motifs is 1. The first kappa shape index (κ1) is 9.89. The van der Waals surface area contributed by atoms with Crippen molar-refractivity contribution in [3.63, 3.8) is 0 Å². The fourth-order valence-electron chi connectivity index (χ4n) is 1.74. The number of methoxy groups -OCH3 is 1. The average Bonchev–Trinajstić information content (AvgIpc) is 2.92. The maximum atomic E-state index is 13.3. The minimum absolute atomic E-state index is 0.189. The molecule has 0 N–H and O–H groups in total. The summed E-state index contributed by atoms with van der Waals surface area (Å²) in [5.74, 6) is -0.207. The Morgan fingerprint density at radius 2 is 2.24 bits per heavy atom. The summed E-state index contributed by atoms with van der Waals surface area (Å²) in [6.07, 6.45) is 3.20. The molecule has 0 unspecified atom stereocenters. The third-order valence-corrected chi connectivity index (χ3v) is 2.57. The third kappa shape index (κ3) is 1.47. The van der Waals surface area contributed by atoms with Gasteiger partial charge in [-0.1, -0.05) is 0 Å². The fourth-order valence-corrected chi connectivity index (χ4v) is 1.74. The molecule has 17 heavy (non-hydrogen) atoms. The second kappa shape index (κ2) is 3.62. The Kier molecular flexibility index (Phi) is 2.11. The standard InChI is InChI=1S/C12H9FN2O2/c1-16-11-6-8(2-3-9(11)13)15-10-4-5-17-12(10)7-14-15/h2-7H,1H3. The highest BCUT2D eigenvalue weighted by Crippen LogP contribution is 2.24. The van der Waals surface area contributed by atoms with Gasteiger partial charge in [0.2, 0.25) is 0 Å². The predicted octanol–water partition coefficient (Wildman–Crippen LogP) is 2.77. The first-order valence-corrected chi connectivity index (χ1v) is 5.05. The molecule has 0 aliphatic heterocycles. The van der Waals surface area contributed by atoms with Gasteiger partial charge in [-0.25, -0.2) is 9.07 Å². The van der Waals surface area contributed by atoms with Crippen LogP contribution in [0.5, 0.6) is 5.75 Å². The molecule has 3 aromatic rings. The van der Waals surface area contributed by atoms with E-state index in [2.05, 4.69) is 5.10 Å². The van der Waals surface area contributed by atoms with Crippen LogP contribution >= 0.6 is 0 Å². The van der Waals surface area contributed by atoms with Crippen LogP contribution in [0.25, 0.3) is 16.8 Å². The van der Waals surface area contributed by atoms with Gasteiger partial charge in [0.15, 0.2) is 17.1 Å². The summed E-state index contributed by atoms with van der Waals surface area (Å²) in [7, 11) is 1.43. The number of rotatable bonds is 2. The number of hydrogen-bond donors (Lipinski definition) is 0. The van der Waals surface area contributed by atoms with E-state index in [0.29, 0.717) is 5.58 Å². The Labute approximate surface area is 96.2 Å². The van der Waals surface area contributed by atoms with E-state index in [9.17, 15) is 4.39 Å². The zero-order chi connectivity index (χ0) is 11.8. The van der Waals surface area contributed by atoms with E-state index in [1.54, 1.807) is 35.3 Å². The van der Waals surface area contributed by atoms with E-state index in [1.807, 2.05) is 0 Å². The summed E-state index contributed by atoms with van der Waals surface area (Å²) in [6, 6.07) is 6.38. The molecule has 2 aromatic heterocycles. The zero-order valence-electron chi connectivity index (χ0n) is 9.05. The molecular formula is C12H9FN2O2. The molecule has 2 heterocycles. The van der Waals surface area contributed by atoms with Gasteiger partial charge in [0, 0.05) is 12.1 Å². The molecule has 0 aliphatic rings. The molecule has 0 fully saturated rings. The van der Waals surface area contributed by atoms with Crippen molar-refractivity contribution in [2.45, 2.75) is 0 Å². The van der Waals surface area contributed by atoms with E-state index >= 15 is 0 Å². The first-order chi connectivity index (χ1) is 8.29. The maximum absolute atomic E-state index is 13.3. The Morgan fingerprint density at radius 3 is 3.06 bits per heavy atom. The van der Waals surface area contributed by atoms with Gasteiger partial charge < -0.3 is 9.15 Å². The highest BCUT2D eigenvalue weighted by Gasteiger charge is 2.09. The normalized spacial score (nSPS) is 10.9. The highest BCUT2D eigenvalue weighted by atomic mass is 19.1. The Hall–Kier alpha value is -2.30. The summed E-state index contributed by atoms with van der Waals surface area (Å²) >= 11 is 0. The van der Waals surface area contributed by atoms with Crippen LogP contribution in [0, 0.1) is 5.82 Å². The molecule has 1 aromatic carbocycles. The van der Waals surface area contributed by atoms with Crippen molar-refractivity contribution < 1.29 is 13.5 Å². The summed E-state index contributed by atoms with van der Waals surface area (Å²) in [5.41, 5.74) is 2.24. The molecule has 0 aliphatic carbocycles. The highest BCUT2D eigenvalue weighted by molar-refractivity contribution is 5.74. The number of nitrogens with zero attached hydrogens (tertiary/aromatic N) is 2. The molecule has 4 nitrogen and oxygen atoms in total. The van der Waals surface area contributed by atoms with Crippen molar-refractivity contribution in [2.75, 3.05) is 7.11 Å². The lowest BCUT2D eigenvalue weighted by Gasteiger charge is -2.06. The molecule has 86 valence electrons. The number of furan rings is 1. The van der Waals surface area contributed by atoms with Crippen LogP contribution in [0.15, 0.2) is 41.1 Å². The number of benzene rings is 1. The number of hydrogen-bond acceptors (Lipinski definition) is 3. The summed E-state index contributed by atoms with van der Waals surface area (Å²) in [4.78, 5) is 0. The molecule has 3 rings (SSSR count). The maximum Gasteiger partial charge on any atom is 0.172 e. The average molecular weight is 232 g/mol. The second-order valence-corrected chi connectivity index (χ2v) is 3.55. The van der Waals surface area contributed by atoms with E-state index in [1.165, 1.54) is 13.2 Å². The third-order valence-electron chi connectivity index (χ3n) is 2.57. The van der Waals surface area contributed by atoms with Crippen LogP contribution in [0.2, 0.25) is 0 Å². The first-order valence-electron chi connectivity index (χ1n) is 5.05. The molecule has 0 bridgehead atoms. The minimum atomic E-state index is -0.396. The van der Waals surface area contributed by atoms with Gasteiger partial charge >= 0.3 is 0 Å². The van der Waals surface area contributed by atoms with Crippen molar-refractivity contribution in [3.05, 3.63) is 42.5 Å². The molecule has 5 heteroatoms. The van der Waals surface area contributed by atoms with Crippen LogP contribution in [0.1, 0.15) is 0 Å². The van der Waals surface area contributed by atoms with E-state index in [-0.39, 0.29) is 5.75 Å². The molecule has 0 saturated heterocycles. The lowest BCUT2D eigenvalue weighted by Crippen LogP contribution is -1.97. The van der Waals surface area contributed by atoms with Crippen LogP contribution in [0.4, 0.5) is 4.39 Å². The second-order valence-electron chi connectivity index (χ2n) is 3.55. The Balaban J connectivity index is 2.19. The number of ether oxygens (including phenoxy) is 1. The molecule has 0 radical (unpaired) electrons. The van der Waals surface area contributed by atoms with E-state index in [4.69, 9.17) is 9.15 Å². The van der Waals surface area contributed by atoms with Gasteiger partial charge in [0.1, 0.15) is 5.52 Å². The van der Waals surface area contributed by atoms with Crippen molar-refractivity contribution in [2.24, 2.45) is 0 Å². The summed E-state index contributed by atoms with van der Waals surface area (Å²) in [5, 5.41) is 4.18. The number of halogens is 1. The quantitative estimate of drug-likeness (QED) is 0.682. The van der Waals surface area contributed by atoms with E-state index < -0.39 is 5.82 Å². The largest absolute Gasteiger partial charge is 0.494 e. The lowest BCUT2D eigenvalue weighted by atomic mass is 10.3. The molecule has 0 amide bonds. The zero-order valence-corrected chi connectivity index (χ0v) is 9.05. The van der Waals surface area contributed by atoms with Gasteiger partial charge in [-0.05, 0) is 12.1 Å². The van der Waals surface area contributed by atoms with Gasteiger partial charge in [0.25, 0.3) is 0 Å². The SMILES string of the molecule is COc1cc(-n2ncc3occc32)ccc1F. The predicted molar refractivity (Wildman–Crippen MR) is 59.8 cm³/mol. The minimum Gasteiger partial charge on any atom is -0.494 e. The molecular weight excluding hydrogens is 223 g/mol. The van der Waals surface area contributed by atoms with Crippen molar-refractivity contribution in [3.8, 4) is 11.4 Å². The van der Waals surface area contributed by atoms with Gasteiger partial charge in [0.05, 0.1) is 25.3 Å².